The standard InChI is InChI=1S/C15H20N2OS/c1-3-6-16-10-15-8-13(12(2)19-15)11-18-14-5-4-7-17-9-14/h4-5,7-9,16H,3,6,10-11H2,1-2H3. The molecular weight excluding hydrogens is 256 g/mol. The van der Waals surface area contributed by atoms with Crippen LogP contribution >= 0.6 is 11.3 Å². The summed E-state index contributed by atoms with van der Waals surface area (Å²) in [6, 6.07) is 6.05. The third kappa shape index (κ3) is 4.33. The Morgan fingerprint density at radius 1 is 1.42 bits per heavy atom. The van der Waals surface area contributed by atoms with Gasteiger partial charge in [-0.25, -0.2) is 0 Å². The van der Waals surface area contributed by atoms with E-state index in [2.05, 4.69) is 30.2 Å². The molecule has 2 rings (SSSR count). The second-order valence-electron chi connectivity index (χ2n) is 4.45. The quantitative estimate of drug-likeness (QED) is 0.786. The molecule has 2 aromatic heterocycles. The van der Waals surface area contributed by atoms with Gasteiger partial charge in [-0.3, -0.25) is 4.98 Å². The highest BCUT2D eigenvalue weighted by Crippen LogP contribution is 2.23. The van der Waals surface area contributed by atoms with E-state index in [1.165, 1.54) is 21.7 Å². The molecule has 0 radical (unpaired) electrons. The lowest BCUT2D eigenvalue weighted by molar-refractivity contribution is 0.304. The van der Waals surface area contributed by atoms with Gasteiger partial charge in [0.15, 0.2) is 0 Å². The van der Waals surface area contributed by atoms with Crippen LogP contribution in [-0.2, 0) is 13.2 Å². The number of ether oxygens (including phenoxy) is 1. The van der Waals surface area contributed by atoms with Gasteiger partial charge in [-0.2, -0.15) is 0 Å². The number of pyridine rings is 1. The molecule has 0 spiro atoms. The highest BCUT2D eigenvalue weighted by Gasteiger charge is 2.06. The molecule has 2 aromatic rings. The van der Waals surface area contributed by atoms with E-state index in [0.717, 1.165) is 18.8 Å². The van der Waals surface area contributed by atoms with Crippen molar-refractivity contribution in [3.63, 3.8) is 0 Å². The minimum atomic E-state index is 0.613. The number of aryl methyl sites for hydroxylation is 1. The Morgan fingerprint density at radius 3 is 3.05 bits per heavy atom. The highest BCUT2D eigenvalue weighted by atomic mass is 32.1. The Labute approximate surface area is 118 Å². The molecule has 19 heavy (non-hydrogen) atoms. The van der Waals surface area contributed by atoms with Crippen LogP contribution in [0.1, 0.15) is 28.7 Å². The summed E-state index contributed by atoms with van der Waals surface area (Å²) in [4.78, 5) is 6.74. The number of rotatable bonds is 7. The van der Waals surface area contributed by atoms with E-state index in [9.17, 15) is 0 Å². The van der Waals surface area contributed by atoms with Gasteiger partial charge in [0, 0.05) is 28.1 Å². The van der Waals surface area contributed by atoms with Crippen LogP contribution in [0.25, 0.3) is 0 Å². The maximum absolute atomic E-state index is 5.74. The molecule has 0 saturated carbocycles. The van der Waals surface area contributed by atoms with E-state index in [-0.39, 0.29) is 0 Å². The second-order valence-corrected chi connectivity index (χ2v) is 5.79. The molecule has 0 saturated heterocycles. The summed E-state index contributed by atoms with van der Waals surface area (Å²) in [6.07, 6.45) is 4.66. The van der Waals surface area contributed by atoms with Crippen molar-refractivity contribution in [3.05, 3.63) is 45.9 Å². The zero-order valence-corrected chi connectivity index (χ0v) is 12.3. The number of nitrogens with zero attached hydrogens (tertiary/aromatic N) is 1. The molecule has 0 fully saturated rings. The van der Waals surface area contributed by atoms with Gasteiger partial charge in [-0.05, 0) is 38.1 Å². The number of aromatic nitrogens is 1. The Bertz CT molecular complexity index is 496. The first kappa shape index (κ1) is 14.0. The van der Waals surface area contributed by atoms with E-state index in [1.807, 2.05) is 23.5 Å². The lowest BCUT2D eigenvalue weighted by Crippen LogP contribution is -2.12. The fourth-order valence-corrected chi connectivity index (χ4v) is 2.82. The summed E-state index contributed by atoms with van der Waals surface area (Å²) >= 11 is 1.84. The van der Waals surface area contributed by atoms with E-state index in [1.54, 1.807) is 12.4 Å². The summed E-state index contributed by atoms with van der Waals surface area (Å²) in [5.74, 6) is 0.818. The molecule has 0 aromatic carbocycles. The molecule has 4 heteroatoms. The smallest absolute Gasteiger partial charge is 0.138 e. The zero-order chi connectivity index (χ0) is 13.5. The van der Waals surface area contributed by atoms with Crippen LogP contribution in [0.3, 0.4) is 0 Å². The maximum Gasteiger partial charge on any atom is 0.138 e. The Balaban J connectivity index is 1.90. The van der Waals surface area contributed by atoms with Gasteiger partial charge in [0.1, 0.15) is 12.4 Å². The van der Waals surface area contributed by atoms with E-state index in [4.69, 9.17) is 4.74 Å². The zero-order valence-electron chi connectivity index (χ0n) is 11.5. The summed E-state index contributed by atoms with van der Waals surface area (Å²) < 4.78 is 5.74. The van der Waals surface area contributed by atoms with Gasteiger partial charge < -0.3 is 10.1 Å². The van der Waals surface area contributed by atoms with Gasteiger partial charge in [0.25, 0.3) is 0 Å². The normalized spacial score (nSPS) is 10.6. The van der Waals surface area contributed by atoms with Gasteiger partial charge in [-0.1, -0.05) is 6.92 Å². The molecule has 0 aliphatic heterocycles. The van der Waals surface area contributed by atoms with Crippen molar-refractivity contribution >= 4 is 11.3 Å². The molecule has 1 N–H and O–H groups in total. The number of thiophene rings is 1. The summed E-state index contributed by atoms with van der Waals surface area (Å²) in [5.41, 5.74) is 1.27. The van der Waals surface area contributed by atoms with Crippen molar-refractivity contribution in [2.24, 2.45) is 0 Å². The van der Waals surface area contributed by atoms with Gasteiger partial charge in [0.05, 0.1) is 6.20 Å². The first-order chi connectivity index (χ1) is 9.29. The molecule has 0 atom stereocenters. The predicted molar refractivity (Wildman–Crippen MR) is 79.6 cm³/mol. The van der Waals surface area contributed by atoms with Crippen molar-refractivity contribution < 1.29 is 4.74 Å². The first-order valence-electron chi connectivity index (χ1n) is 6.61. The minimum absolute atomic E-state index is 0.613. The Morgan fingerprint density at radius 2 is 2.32 bits per heavy atom. The van der Waals surface area contributed by atoms with Crippen LogP contribution in [0.2, 0.25) is 0 Å². The fourth-order valence-electron chi connectivity index (χ4n) is 1.80. The Kier molecular flexibility index (Phi) is 5.36. The van der Waals surface area contributed by atoms with Crippen molar-refractivity contribution in [1.29, 1.82) is 0 Å². The van der Waals surface area contributed by atoms with Gasteiger partial charge in [-0.15, -0.1) is 11.3 Å². The summed E-state index contributed by atoms with van der Waals surface area (Å²) in [5, 5.41) is 3.43. The molecule has 0 bridgehead atoms. The molecule has 0 unspecified atom stereocenters. The highest BCUT2D eigenvalue weighted by molar-refractivity contribution is 7.12. The lowest BCUT2D eigenvalue weighted by atomic mass is 10.2. The lowest BCUT2D eigenvalue weighted by Gasteiger charge is -2.04. The van der Waals surface area contributed by atoms with Crippen LogP contribution in [0, 0.1) is 6.92 Å². The monoisotopic (exact) mass is 276 g/mol. The third-order valence-corrected chi connectivity index (χ3v) is 3.92. The van der Waals surface area contributed by atoms with Gasteiger partial charge in [0.2, 0.25) is 0 Å². The largest absolute Gasteiger partial charge is 0.487 e. The average molecular weight is 276 g/mol. The number of hydrogen-bond acceptors (Lipinski definition) is 4. The third-order valence-electron chi connectivity index (χ3n) is 2.83. The van der Waals surface area contributed by atoms with Crippen LogP contribution in [0.15, 0.2) is 30.6 Å². The maximum atomic E-state index is 5.74. The minimum Gasteiger partial charge on any atom is -0.487 e. The average Bonchev–Trinajstić information content (AvgIpc) is 2.78. The van der Waals surface area contributed by atoms with E-state index < -0.39 is 0 Å². The molecular formula is C15H20N2OS. The topological polar surface area (TPSA) is 34.1 Å². The van der Waals surface area contributed by atoms with Gasteiger partial charge >= 0.3 is 0 Å². The number of nitrogens with one attached hydrogen (secondary N) is 1. The van der Waals surface area contributed by atoms with E-state index in [0.29, 0.717) is 6.61 Å². The van der Waals surface area contributed by atoms with Crippen molar-refractivity contribution in [2.75, 3.05) is 6.54 Å². The van der Waals surface area contributed by atoms with Crippen molar-refractivity contribution in [1.82, 2.24) is 10.3 Å². The van der Waals surface area contributed by atoms with Crippen molar-refractivity contribution in [2.45, 2.75) is 33.4 Å². The molecule has 0 aliphatic carbocycles. The van der Waals surface area contributed by atoms with Crippen LogP contribution in [0.4, 0.5) is 0 Å². The fraction of sp³-hybridized carbons (Fsp3) is 0.400. The predicted octanol–water partition coefficient (Wildman–Crippen LogP) is 3.53. The molecule has 2 heterocycles. The van der Waals surface area contributed by atoms with E-state index >= 15 is 0 Å². The van der Waals surface area contributed by atoms with Crippen LogP contribution in [-0.4, -0.2) is 11.5 Å². The first-order valence-corrected chi connectivity index (χ1v) is 7.43. The Hall–Kier alpha value is -1.39. The van der Waals surface area contributed by atoms with Crippen LogP contribution in [0.5, 0.6) is 5.75 Å². The van der Waals surface area contributed by atoms with Crippen LogP contribution < -0.4 is 10.1 Å². The second kappa shape index (κ2) is 7.26. The SMILES string of the molecule is CCCNCc1cc(COc2cccnc2)c(C)s1. The molecule has 3 nitrogen and oxygen atoms in total. The summed E-state index contributed by atoms with van der Waals surface area (Å²) in [7, 11) is 0. The molecule has 0 aliphatic rings. The molecule has 102 valence electrons. The van der Waals surface area contributed by atoms with Crippen molar-refractivity contribution in [3.8, 4) is 5.75 Å². The molecule has 0 amide bonds. The summed E-state index contributed by atoms with van der Waals surface area (Å²) in [6.45, 7) is 6.96. The number of hydrogen-bond donors (Lipinski definition) is 1.